The number of pyridine rings is 1. The molecule has 4 aromatic rings. The van der Waals surface area contributed by atoms with Crippen molar-refractivity contribution in [3.05, 3.63) is 116 Å². The molecule has 40 heavy (non-hydrogen) atoms. The average molecular weight is 564 g/mol. The first kappa shape index (κ1) is 28.7. The van der Waals surface area contributed by atoms with Crippen molar-refractivity contribution in [2.75, 3.05) is 0 Å². The fourth-order valence-corrected chi connectivity index (χ4v) is 4.55. The summed E-state index contributed by atoms with van der Waals surface area (Å²) in [5, 5.41) is 4.27. The topological polar surface area (TPSA) is 90.8 Å². The van der Waals surface area contributed by atoms with Crippen LogP contribution in [0.1, 0.15) is 53.9 Å². The summed E-state index contributed by atoms with van der Waals surface area (Å²) in [5.74, 6) is 0.0598. The second-order valence-electron chi connectivity index (χ2n) is 9.26. The first-order valence-corrected chi connectivity index (χ1v) is 12.9. The predicted molar refractivity (Wildman–Crippen MR) is 152 cm³/mol. The molecule has 0 saturated carbocycles. The zero-order valence-electron chi connectivity index (χ0n) is 22.7. The van der Waals surface area contributed by atoms with Gasteiger partial charge in [0.1, 0.15) is 28.2 Å². The van der Waals surface area contributed by atoms with E-state index in [9.17, 15) is 9.18 Å². The van der Waals surface area contributed by atoms with Crippen LogP contribution in [0, 0.1) is 26.6 Å². The number of rotatable bonds is 8. The highest BCUT2D eigenvalue weighted by molar-refractivity contribution is 6.31. The molecule has 3 heterocycles. The first-order valence-electron chi connectivity index (χ1n) is 12.6. The fraction of sp³-hybridized carbons (Fsp3) is 0.241. The second-order valence-corrected chi connectivity index (χ2v) is 9.64. The third-order valence-corrected chi connectivity index (χ3v) is 6.54. The number of aromatic nitrogens is 6. The minimum atomic E-state index is -0.803. The molecule has 1 aromatic carbocycles. The van der Waals surface area contributed by atoms with Crippen LogP contribution in [-0.4, -0.2) is 35.0 Å². The molecule has 0 N–H and O–H groups in total. The van der Waals surface area contributed by atoms with Crippen molar-refractivity contribution in [2.24, 2.45) is 4.99 Å². The normalized spacial score (nSPS) is 13.3. The van der Waals surface area contributed by atoms with Gasteiger partial charge in [0.05, 0.1) is 11.9 Å². The highest BCUT2D eigenvalue weighted by Crippen LogP contribution is 2.27. The van der Waals surface area contributed by atoms with Gasteiger partial charge in [0.25, 0.3) is 11.5 Å². The van der Waals surface area contributed by atoms with Gasteiger partial charge < -0.3 is 0 Å². The molecule has 0 amide bonds. The molecule has 0 aliphatic heterocycles. The van der Waals surface area contributed by atoms with Gasteiger partial charge in [-0.25, -0.2) is 23.7 Å². The number of hydrogen-bond acceptors (Lipinski definition) is 6. The Kier molecular flexibility index (Phi) is 8.79. The zero-order valence-corrected chi connectivity index (χ0v) is 23.5. The van der Waals surface area contributed by atoms with E-state index in [1.54, 1.807) is 52.0 Å². The van der Waals surface area contributed by atoms with Crippen molar-refractivity contribution in [2.45, 2.75) is 47.0 Å². The van der Waals surface area contributed by atoms with Crippen molar-refractivity contribution in [1.82, 2.24) is 29.3 Å². The highest BCUT2D eigenvalue weighted by atomic mass is 35.5. The molecule has 206 valence electrons. The number of benzene rings is 1. The summed E-state index contributed by atoms with van der Waals surface area (Å²) < 4.78 is 31.7. The summed E-state index contributed by atoms with van der Waals surface area (Å²) in [5.41, 5.74) is 1.52. The summed E-state index contributed by atoms with van der Waals surface area (Å²) in [6, 6.07) is 9.44. The minimum Gasteiger partial charge on any atom is -0.284 e. The van der Waals surface area contributed by atoms with Gasteiger partial charge in [0.2, 0.25) is 0 Å². The zero-order chi connectivity index (χ0) is 29.0. The molecule has 1 unspecified atom stereocenters. The minimum absolute atomic E-state index is 0.0162. The summed E-state index contributed by atoms with van der Waals surface area (Å²) in [4.78, 5) is 30.4. The lowest BCUT2D eigenvalue weighted by Gasteiger charge is -2.16. The molecule has 0 aliphatic carbocycles. The lowest BCUT2D eigenvalue weighted by molar-refractivity contribution is 0.626. The Morgan fingerprint density at radius 2 is 1.88 bits per heavy atom. The highest BCUT2D eigenvalue weighted by Gasteiger charge is 2.19. The Labute approximate surface area is 235 Å². The number of allylic oxidation sites excluding steroid dienone is 2. The molecule has 0 aliphatic rings. The van der Waals surface area contributed by atoms with E-state index in [4.69, 9.17) is 11.6 Å². The second kappa shape index (κ2) is 12.3. The molecule has 0 spiro atoms. The third kappa shape index (κ3) is 6.28. The maximum atomic E-state index is 15.8. The lowest BCUT2D eigenvalue weighted by atomic mass is 9.93. The number of hydrogen-bond donors (Lipinski definition) is 0. The third-order valence-electron chi connectivity index (χ3n) is 6.16. The van der Waals surface area contributed by atoms with Crippen LogP contribution in [0.4, 0.5) is 8.78 Å². The van der Waals surface area contributed by atoms with Gasteiger partial charge in [-0.1, -0.05) is 36.7 Å². The molecular weight excluding hydrogens is 536 g/mol. The lowest BCUT2D eigenvalue weighted by Crippen LogP contribution is -2.22. The van der Waals surface area contributed by atoms with Crippen LogP contribution in [0.2, 0.25) is 5.02 Å². The summed E-state index contributed by atoms with van der Waals surface area (Å²) in [7, 11) is 0. The Balaban J connectivity index is 1.71. The van der Waals surface area contributed by atoms with Crippen LogP contribution >= 0.6 is 11.6 Å². The Morgan fingerprint density at radius 1 is 1.15 bits per heavy atom. The molecule has 0 bridgehead atoms. The van der Waals surface area contributed by atoms with Gasteiger partial charge in [-0.05, 0) is 75.4 Å². The van der Waals surface area contributed by atoms with E-state index in [0.717, 1.165) is 16.3 Å². The van der Waals surface area contributed by atoms with Crippen LogP contribution in [0.15, 0.2) is 70.5 Å². The van der Waals surface area contributed by atoms with E-state index in [1.165, 1.54) is 35.3 Å². The van der Waals surface area contributed by atoms with Crippen molar-refractivity contribution in [3.8, 4) is 5.95 Å². The van der Waals surface area contributed by atoms with Crippen LogP contribution in [-0.2, 0) is 6.42 Å². The SMILES string of the molecule is C/C=C/N=C(/C(F)=C/n1c(C)cc(C(C)Cc2ccc(F)cc2)c(Cl)c1=O)c1ccnc(-n2nc(C)nc2C)n1. The monoisotopic (exact) mass is 563 g/mol. The summed E-state index contributed by atoms with van der Waals surface area (Å²) in [6.07, 6.45) is 6.14. The molecule has 0 saturated heterocycles. The summed E-state index contributed by atoms with van der Waals surface area (Å²) >= 11 is 6.50. The molecule has 3 aromatic heterocycles. The summed E-state index contributed by atoms with van der Waals surface area (Å²) in [6.45, 7) is 8.87. The van der Waals surface area contributed by atoms with Gasteiger partial charge in [0.15, 0.2) is 5.83 Å². The average Bonchev–Trinajstić information content (AvgIpc) is 3.27. The van der Waals surface area contributed by atoms with Gasteiger partial charge in [-0.2, -0.15) is 4.68 Å². The van der Waals surface area contributed by atoms with E-state index in [1.807, 2.05) is 6.92 Å². The van der Waals surface area contributed by atoms with E-state index in [2.05, 4.69) is 25.0 Å². The van der Waals surface area contributed by atoms with Crippen LogP contribution in [0.25, 0.3) is 12.1 Å². The standard InChI is InChI=1S/C29H28ClF2N7O/c1-6-12-33-27(25-11-13-34-29(36-25)39-20(5)35-19(4)37-39)24(32)16-38-18(3)15-23(26(30)28(38)40)17(2)14-21-7-9-22(31)10-8-21/h6-13,15-17H,14H2,1-5H3/b12-6+,24-16-,33-27-. The van der Waals surface area contributed by atoms with E-state index < -0.39 is 11.4 Å². The maximum absolute atomic E-state index is 15.8. The van der Waals surface area contributed by atoms with E-state index in [0.29, 0.717) is 29.3 Å². The number of nitrogens with zero attached hydrogens (tertiary/aromatic N) is 7. The smallest absolute Gasteiger partial charge is 0.273 e. The van der Waals surface area contributed by atoms with Crippen molar-refractivity contribution in [1.29, 1.82) is 0 Å². The molecule has 1 atom stereocenters. The van der Waals surface area contributed by atoms with E-state index in [-0.39, 0.29) is 34.1 Å². The molecule has 0 radical (unpaired) electrons. The number of aliphatic imine (C=N–C) groups is 1. The Hall–Kier alpha value is -4.31. The van der Waals surface area contributed by atoms with Crippen molar-refractivity contribution in [3.63, 3.8) is 0 Å². The van der Waals surface area contributed by atoms with Crippen molar-refractivity contribution < 1.29 is 8.78 Å². The quantitative estimate of drug-likeness (QED) is 0.243. The van der Waals surface area contributed by atoms with Gasteiger partial charge in [-0.15, -0.1) is 5.10 Å². The molecule has 11 heteroatoms. The Morgan fingerprint density at radius 3 is 2.52 bits per heavy atom. The van der Waals surface area contributed by atoms with Gasteiger partial charge in [-0.3, -0.25) is 14.4 Å². The number of aryl methyl sites for hydroxylation is 3. The van der Waals surface area contributed by atoms with E-state index >= 15 is 4.39 Å². The van der Waals surface area contributed by atoms with Crippen molar-refractivity contribution >= 4 is 23.5 Å². The molecular formula is C29H28ClF2N7O. The Bertz CT molecular complexity index is 1690. The van der Waals surface area contributed by atoms with Crippen LogP contribution in [0.5, 0.6) is 0 Å². The van der Waals surface area contributed by atoms with Gasteiger partial charge in [0, 0.05) is 18.1 Å². The maximum Gasteiger partial charge on any atom is 0.273 e. The molecule has 0 fully saturated rings. The van der Waals surface area contributed by atoms with Crippen LogP contribution < -0.4 is 5.56 Å². The van der Waals surface area contributed by atoms with Gasteiger partial charge >= 0.3 is 0 Å². The predicted octanol–water partition coefficient (Wildman–Crippen LogP) is 6.07. The number of halogens is 3. The first-order chi connectivity index (χ1) is 19.1. The molecule has 8 nitrogen and oxygen atoms in total. The largest absolute Gasteiger partial charge is 0.284 e. The fourth-order valence-electron chi connectivity index (χ4n) is 4.22. The molecule has 4 rings (SSSR count). The van der Waals surface area contributed by atoms with Crippen LogP contribution in [0.3, 0.4) is 0 Å².